The number of rotatable bonds is 4. The normalized spacial score (nSPS) is 10.6. The molecule has 0 aliphatic carbocycles. The SMILES string of the molecule is F[AsH]CCOc1ccccc1. The van der Waals surface area contributed by atoms with Gasteiger partial charge in [0.2, 0.25) is 0 Å². The maximum atomic E-state index is 11.7. The topological polar surface area (TPSA) is 9.23 Å². The van der Waals surface area contributed by atoms with E-state index in [0.29, 0.717) is 11.8 Å². The Kier molecular flexibility index (Phi) is 4.07. The predicted molar refractivity (Wildman–Crippen MR) is 45.0 cm³/mol. The van der Waals surface area contributed by atoms with Crippen molar-refractivity contribution in [3.63, 3.8) is 0 Å². The molecule has 60 valence electrons. The first-order chi connectivity index (χ1) is 5.43. The first kappa shape index (κ1) is 8.60. The second-order valence-corrected chi connectivity index (χ2v) is 3.65. The second kappa shape index (κ2) is 5.20. The minimum atomic E-state index is -1.23. The van der Waals surface area contributed by atoms with Gasteiger partial charge in [0, 0.05) is 0 Å². The quantitative estimate of drug-likeness (QED) is 0.550. The summed E-state index contributed by atoms with van der Waals surface area (Å²) in [5.41, 5.74) is 0. The molecule has 0 heterocycles. The monoisotopic (exact) mass is 216 g/mol. The van der Waals surface area contributed by atoms with Crippen molar-refractivity contribution in [3.05, 3.63) is 30.3 Å². The van der Waals surface area contributed by atoms with Crippen molar-refractivity contribution in [2.45, 2.75) is 5.21 Å². The van der Waals surface area contributed by atoms with Crippen LogP contribution in [0.15, 0.2) is 30.3 Å². The van der Waals surface area contributed by atoms with Crippen molar-refractivity contribution in [3.8, 4) is 5.75 Å². The Balaban J connectivity index is 2.28. The molecule has 0 aliphatic rings. The van der Waals surface area contributed by atoms with Crippen LogP contribution in [-0.4, -0.2) is 22.8 Å². The van der Waals surface area contributed by atoms with Gasteiger partial charge >= 0.3 is 72.3 Å². The number of benzene rings is 1. The van der Waals surface area contributed by atoms with Crippen LogP contribution >= 0.6 is 0 Å². The summed E-state index contributed by atoms with van der Waals surface area (Å²) in [6.07, 6.45) is 0. The zero-order chi connectivity index (χ0) is 7.94. The molecule has 1 aromatic rings. The van der Waals surface area contributed by atoms with Gasteiger partial charge in [-0.15, -0.1) is 0 Å². The molecule has 0 amide bonds. The van der Waals surface area contributed by atoms with Crippen molar-refractivity contribution >= 4 is 16.2 Å². The van der Waals surface area contributed by atoms with Gasteiger partial charge in [0.25, 0.3) is 0 Å². The van der Waals surface area contributed by atoms with Gasteiger partial charge in [-0.1, -0.05) is 0 Å². The van der Waals surface area contributed by atoms with Gasteiger partial charge in [-0.05, 0) is 0 Å². The molecule has 11 heavy (non-hydrogen) atoms. The zero-order valence-electron chi connectivity index (χ0n) is 6.09. The molecule has 0 bridgehead atoms. The third-order valence-electron chi connectivity index (χ3n) is 1.21. The zero-order valence-corrected chi connectivity index (χ0v) is 8.19. The molecule has 0 aliphatic heterocycles. The van der Waals surface area contributed by atoms with Gasteiger partial charge in [-0.25, -0.2) is 0 Å². The van der Waals surface area contributed by atoms with E-state index in [-0.39, 0.29) is 0 Å². The third kappa shape index (κ3) is 3.43. The number of hydrogen-bond donors (Lipinski definition) is 0. The summed E-state index contributed by atoms with van der Waals surface area (Å²) < 4.78 is 17.0. The number of hydrogen-bond acceptors (Lipinski definition) is 1. The van der Waals surface area contributed by atoms with Crippen LogP contribution in [0.3, 0.4) is 0 Å². The van der Waals surface area contributed by atoms with Crippen LogP contribution in [0, 0.1) is 0 Å². The van der Waals surface area contributed by atoms with Crippen LogP contribution in [0.2, 0.25) is 5.21 Å². The van der Waals surface area contributed by atoms with Gasteiger partial charge in [0.15, 0.2) is 0 Å². The fraction of sp³-hybridized carbons (Fsp3) is 0.250. The van der Waals surface area contributed by atoms with Crippen molar-refractivity contribution in [1.82, 2.24) is 0 Å². The van der Waals surface area contributed by atoms with E-state index in [4.69, 9.17) is 4.74 Å². The molecule has 0 fully saturated rings. The molecule has 0 spiro atoms. The first-order valence-electron chi connectivity index (χ1n) is 3.45. The summed E-state index contributed by atoms with van der Waals surface area (Å²) in [6.45, 7) is 0.514. The molecule has 1 rings (SSSR count). The van der Waals surface area contributed by atoms with E-state index in [9.17, 15) is 3.47 Å². The molecule has 1 aromatic carbocycles. The van der Waals surface area contributed by atoms with E-state index < -0.39 is 16.2 Å². The summed E-state index contributed by atoms with van der Waals surface area (Å²) >= 11 is -1.23. The minimum absolute atomic E-state index is 0.514. The molecule has 0 aromatic heterocycles. The summed E-state index contributed by atoms with van der Waals surface area (Å²) in [5.74, 6) is 0.826. The Labute approximate surface area is 72.8 Å². The van der Waals surface area contributed by atoms with Crippen LogP contribution in [-0.2, 0) is 0 Å². The van der Waals surface area contributed by atoms with Gasteiger partial charge in [-0.3, -0.25) is 0 Å². The Morgan fingerprint density at radius 1 is 1.27 bits per heavy atom. The van der Waals surface area contributed by atoms with Crippen LogP contribution in [0.1, 0.15) is 0 Å². The van der Waals surface area contributed by atoms with Crippen LogP contribution in [0.5, 0.6) is 5.75 Å². The van der Waals surface area contributed by atoms with E-state index in [0.717, 1.165) is 5.75 Å². The predicted octanol–water partition coefficient (Wildman–Crippen LogP) is 1.80. The van der Waals surface area contributed by atoms with Gasteiger partial charge in [0.05, 0.1) is 0 Å². The average molecular weight is 216 g/mol. The molecule has 1 nitrogen and oxygen atoms in total. The molecule has 0 radical (unpaired) electrons. The summed E-state index contributed by atoms with van der Waals surface area (Å²) in [5, 5.41) is 0.592. The van der Waals surface area contributed by atoms with E-state index in [1.54, 1.807) is 0 Å². The maximum absolute atomic E-state index is 11.7. The van der Waals surface area contributed by atoms with E-state index in [1.807, 2.05) is 30.3 Å². The molecule has 0 saturated carbocycles. The van der Waals surface area contributed by atoms with Crippen molar-refractivity contribution in [1.29, 1.82) is 0 Å². The fourth-order valence-corrected chi connectivity index (χ4v) is 1.10. The van der Waals surface area contributed by atoms with Crippen molar-refractivity contribution < 1.29 is 8.20 Å². The Hall–Kier alpha value is -0.492. The summed E-state index contributed by atoms with van der Waals surface area (Å²) in [6, 6.07) is 9.48. The molecule has 3 heteroatoms. The fourth-order valence-electron chi connectivity index (χ4n) is 0.724. The second-order valence-electron chi connectivity index (χ2n) is 2.05. The van der Waals surface area contributed by atoms with Crippen LogP contribution in [0.4, 0.5) is 3.47 Å². The summed E-state index contributed by atoms with van der Waals surface area (Å²) in [7, 11) is 0. The average Bonchev–Trinajstić information content (AvgIpc) is 2.07. The number of halogens is 1. The first-order valence-corrected chi connectivity index (χ1v) is 5.72. The summed E-state index contributed by atoms with van der Waals surface area (Å²) in [4.78, 5) is 0. The van der Waals surface area contributed by atoms with Crippen molar-refractivity contribution in [2.75, 3.05) is 6.61 Å². The molecule has 0 saturated heterocycles. The van der Waals surface area contributed by atoms with Crippen LogP contribution in [0.25, 0.3) is 0 Å². The standard InChI is InChI=1S/C8H10AsFO/c10-9-6-7-11-8-4-2-1-3-5-8/h1-5,9H,6-7H2. The number of para-hydroxylation sites is 1. The third-order valence-corrected chi connectivity index (χ3v) is 2.03. The Bertz CT molecular complexity index is 191. The van der Waals surface area contributed by atoms with E-state index in [2.05, 4.69) is 0 Å². The van der Waals surface area contributed by atoms with Gasteiger partial charge in [0.1, 0.15) is 0 Å². The Morgan fingerprint density at radius 3 is 2.64 bits per heavy atom. The Morgan fingerprint density at radius 2 is 2.00 bits per heavy atom. The van der Waals surface area contributed by atoms with E-state index in [1.165, 1.54) is 0 Å². The molecule has 1 atom stereocenters. The number of ether oxygens (including phenoxy) is 1. The van der Waals surface area contributed by atoms with Gasteiger partial charge < -0.3 is 0 Å². The van der Waals surface area contributed by atoms with Crippen LogP contribution < -0.4 is 4.74 Å². The van der Waals surface area contributed by atoms with Crippen molar-refractivity contribution in [2.24, 2.45) is 0 Å². The molecule has 0 N–H and O–H groups in total. The van der Waals surface area contributed by atoms with E-state index >= 15 is 0 Å². The molecule has 1 unspecified atom stereocenters. The molecular formula is C8H10AsFO. The molecular weight excluding hydrogens is 206 g/mol. The van der Waals surface area contributed by atoms with Gasteiger partial charge in [-0.2, -0.15) is 0 Å².